The lowest BCUT2D eigenvalue weighted by Gasteiger charge is -2.38. The second kappa shape index (κ2) is 6.11. The topological polar surface area (TPSA) is 28.5 Å². The molecule has 1 aromatic carbocycles. The van der Waals surface area contributed by atoms with Crippen molar-refractivity contribution < 1.29 is 4.79 Å². The van der Waals surface area contributed by atoms with E-state index >= 15 is 0 Å². The van der Waals surface area contributed by atoms with Crippen LogP contribution < -0.4 is 4.90 Å². The highest BCUT2D eigenvalue weighted by Gasteiger charge is 2.29. The average Bonchev–Trinajstić information content (AvgIpc) is 3.08. The normalized spacial score (nSPS) is 15.8. The van der Waals surface area contributed by atoms with Crippen molar-refractivity contribution >= 4 is 11.6 Å². The van der Waals surface area contributed by atoms with Crippen molar-refractivity contribution in [1.29, 1.82) is 0 Å². The van der Waals surface area contributed by atoms with Crippen LogP contribution in [0.1, 0.15) is 20.8 Å². The third-order valence-electron chi connectivity index (χ3n) is 4.33. The molecule has 23 heavy (non-hydrogen) atoms. The molecule has 1 aromatic heterocycles. The Morgan fingerprint density at radius 3 is 1.91 bits per heavy atom. The Kier molecular flexibility index (Phi) is 4.16. The summed E-state index contributed by atoms with van der Waals surface area (Å²) in [7, 11) is 0. The van der Waals surface area contributed by atoms with E-state index in [9.17, 15) is 4.79 Å². The molecule has 0 bridgehead atoms. The summed E-state index contributed by atoms with van der Waals surface area (Å²) in [6.45, 7) is 9.35. The third-order valence-corrected chi connectivity index (χ3v) is 4.33. The first-order valence-electron chi connectivity index (χ1n) is 8.23. The zero-order valence-electron chi connectivity index (χ0n) is 14.2. The molecule has 0 spiro atoms. The highest BCUT2D eigenvalue weighted by atomic mass is 16.2. The summed E-state index contributed by atoms with van der Waals surface area (Å²) in [4.78, 5) is 16.7. The molecule has 0 aliphatic carbocycles. The number of anilines is 1. The van der Waals surface area contributed by atoms with Crippen molar-refractivity contribution in [3.8, 4) is 5.69 Å². The molecule has 1 saturated heterocycles. The van der Waals surface area contributed by atoms with E-state index in [0.29, 0.717) is 0 Å². The van der Waals surface area contributed by atoms with Gasteiger partial charge in [-0.1, -0.05) is 20.8 Å². The molecule has 1 aliphatic heterocycles. The Labute approximate surface area is 138 Å². The van der Waals surface area contributed by atoms with Crippen molar-refractivity contribution in [1.82, 2.24) is 9.47 Å². The van der Waals surface area contributed by atoms with E-state index in [-0.39, 0.29) is 11.3 Å². The Hall–Kier alpha value is -2.23. The van der Waals surface area contributed by atoms with Crippen LogP contribution in [0.4, 0.5) is 5.69 Å². The van der Waals surface area contributed by atoms with Crippen LogP contribution in [0.3, 0.4) is 0 Å². The smallest absolute Gasteiger partial charge is 0.228 e. The van der Waals surface area contributed by atoms with Gasteiger partial charge in [-0.25, -0.2) is 0 Å². The maximum atomic E-state index is 12.3. The molecule has 4 nitrogen and oxygen atoms in total. The summed E-state index contributed by atoms with van der Waals surface area (Å²) >= 11 is 0. The molecule has 4 heteroatoms. The van der Waals surface area contributed by atoms with Crippen LogP contribution in [0.2, 0.25) is 0 Å². The highest BCUT2D eigenvalue weighted by Crippen LogP contribution is 2.22. The van der Waals surface area contributed by atoms with Gasteiger partial charge in [0.15, 0.2) is 0 Å². The molecule has 0 saturated carbocycles. The fourth-order valence-electron chi connectivity index (χ4n) is 2.98. The molecule has 0 unspecified atom stereocenters. The zero-order chi connectivity index (χ0) is 16.4. The molecule has 2 heterocycles. The molecule has 2 aromatic rings. The fourth-order valence-corrected chi connectivity index (χ4v) is 2.98. The third kappa shape index (κ3) is 3.41. The van der Waals surface area contributed by atoms with Crippen LogP contribution in [-0.2, 0) is 4.79 Å². The van der Waals surface area contributed by atoms with Gasteiger partial charge in [0.1, 0.15) is 0 Å². The molecule has 122 valence electrons. The highest BCUT2D eigenvalue weighted by molar-refractivity contribution is 5.81. The van der Waals surface area contributed by atoms with Crippen LogP contribution in [0.25, 0.3) is 5.69 Å². The van der Waals surface area contributed by atoms with Crippen molar-refractivity contribution in [2.45, 2.75) is 20.8 Å². The van der Waals surface area contributed by atoms with Crippen molar-refractivity contribution in [3.05, 3.63) is 48.8 Å². The van der Waals surface area contributed by atoms with E-state index in [2.05, 4.69) is 33.7 Å². The summed E-state index contributed by atoms with van der Waals surface area (Å²) in [5, 5.41) is 0. The summed E-state index contributed by atoms with van der Waals surface area (Å²) < 4.78 is 2.10. The Morgan fingerprint density at radius 2 is 1.39 bits per heavy atom. The fraction of sp³-hybridized carbons (Fsp3) is 0.421. The molecule has 0 N–H and O–H groups in total. The van der Waals surface area contributed by atoms with Gasteiger partial charge >= 0.3 is 0 Å². The number of nitrogens with zero attached hydrogens (tertiary/aromatic N) is 3. The van der Waals surface area contributed by atoms with Gasteiger partial charge < -0.3 is 14.4 Å². The predicted molar refractivity (Wildman–Crippen MR) is 94.0 cm³/mol. The van der Waals surface area contributed by atoms with Crippen LogP contribution >= 0.6 is 0 Å². The van der Waals surface area contributed by atoms with Crippen molar-refractivity contribution in [3.63, 3.8) is 0 Å². The maximum absolute atomic E-state index is 12.3. The van der Waals surface area contributed by atoms with E-state index in [0.717, 1.165) is 26.2 Å². The lowest BCUT2D eigenvalue weighted by Crippen LogP contribution is -2.51. The number of carbonyl (C=O) groups is 1. The van der Waals surface area contributed by atoms with Gasteiger partial charge in [0.25, 0.3) is 0 Å². The molecule has 1 amide bonds. The van der Waals surface area contributed by atoms with Gasteiger partial charge in [0.05, 0.1) is 0 Å². The van der Waals surface area contributed by atoms with Crippen molar-refractivity contribution in [2.75, 3.05) is 31.1 Å². The van der Waals surface area contributed by atoms with Crippen LogP contribution in [0, 0.1) is 5.41 Å². The van der Waals surface area contributed by atoms with Gasteiger partial charge in [0, 0.05) is 55.4 Å². The quantitative estimate of drug-likeness (QED) is 0.852. The summed E-state index contributed by atoms with van der Waals surface area (Å²) in [6, 6.07) is 12.7. The monoisotopic (exact) mass is 311 g/mol. The Bertz CT molecular complexity index is 645. The molecular formula is C19H25N3O. The number of aromatic nitrogens is 1. The largest absolute Gasteiger partial charge is 0.368 e. The lowest BCUT2D eigenvalue weighted by molar-refractivity contribution is -0.139. The van der Waals surface area contributed by atoms with Gasteiger partial charge in [-0.3, -0.25) is 4.79 Å². The van der Waals surface area contributed by atoms with Gasteiger partial charge in [-0.05, 0) is 36.4 Å². The summed E-state index contributed by atoms with van der Waals surface area (Å²) in [5.74, 6) is 0.250. The first kappa shape index (κ1) is 15.7. The van der Waals surface area contributed by atoms with Gasteiger partial charge in [-0.15, -0.1) is 0 Å². The van der Waals surface area contributed by atoms with E-state index < -0.39 is 0 Å². The van der Waals surface area contributed by atoms with Crippen LogP contribution in [0.5, 0.6) is 0 Å². The minimum absolute atomic E-state index is 0.250. The van der Waals surface area contributed by atoms with E-state index in [1.54, 1.807) is 0 Å². The molecule has 1 fully saturated rings. The van der Waals surface area contributed by atoms with Gasteiger partial charge in [-0.2, -0.15) is 0 Å². The minimum Gasteiger partial charge on any atom is -0.368 e. The van der Waals surface area contributed by atoms with Gasteiger partial charge in [0.2, 0.25) is 5.91 Å². The number of hydrogen-bond acceptors (Lipinski definition) is 2. The molecule has 3 rings (SSSR count). The first-order valence-corrected chi connectivity index (χ1v) is 8.23. The lowest BCUT2D eigenvalue weighted by atomic mass is 9.94. The number of amides is 1. The SMILES string of the molecule is CC(C)(C)C(=O)N1CCN(c2ccc(-n3cccc3)cc2)CC1. The Morgan fingerprint density at radius 1 is 0.870 bits per heavy atom. The predicted octanol–water partition coefficient (Wildman–Crippen LogP) is 3.17. The second-order valence-corrected chi connectivity index (χ2v) is 7.14. The second-order valence-electron chi connectivity index (χ2n) is 7.14. The molecule has 1 aliphatic rings. The molecule has 0 atom stereocenters. The first-order chi connectivity index (χ1) is 10.9. The van der Waals surface area contributed by atoms with E-state index in [1.165, 1.54) is 11.4 Å². The minimum atomic E-state index is -0.291. The number of piperazine rings is 1. The average molecular weight is 311 g/mol. The zero-order valence-corrected chi connectivity index (χ0v) is 14.2. The van der Waals surface area contributed by atoms with E-state index in [4.69, 9.17) is 0 Å². The summed E-state index contributed by atoms with van der Waals surface area (Å²) in [5.41, 5.74) is 2.10. The maximum Gasteiger partial charge on any atom is 0.228 e. The number of benzene rings is 1. The number of hydrogen-bond donors (Lipinski definition) is 0. The van der Waals surface area contributed by atoms with Crippen LogP contribution in [0.15, 0.2) is 48.8 Å². The molecule has 0 radical (unpaired) electrons. The Balaban J connectivity index is 1.63. The summed E-state index contributed by atoms with van der Waals surface area (Å²) in [6.07, 6.45) is 4.10. The number of rotatable bonds is 2. The van der Waals surface area contributed by atoms with Crippen LogP contribution in [-0.4, -0.2) is 41.6 Å². The number of carbonyl (C=O) groups excluding carboxylic acids is 1. The van der Waals surface area contributed by atoms with Crippen molar-refractivity contribution in [2.24, 2.45) is 5.41 Å². The molecular weight excluding hydrogens is 286 g/mol. The standard InChI is InChI=1S/C19H25N3O/c1-19(2,3)18(23)22-14-12-21(13-15-22)17-8-6-16(7-9-17)20-10-4-5-11-20/h4-11H,12-15H2,1-3H3. The van der Waals surface area contributed by atoms with E-state index in [1.807, 2.05) is 50.2 Å².